The van der Waals surface area contributed by atoms with E-state index in [1.54, 1.807) is 23.1 Å². The standard InChI is InChI=1S/C19H23N5O2S2/c1-4-14-9-15(6-5-12(14)2)20-16-10-18(25)24(19(26)21-16)7-8-27-11-17-23-22-13(3)28-17/h5-6,9-10,20H,4,7-8,11H2,1-3H3,(H,21,26). The topological polar surface area (TPSA) is 92.7 Å². The summed E-state index contributed by atoms with van der Waals surface area (Å²) in [6.45, 7) is 6.43. The first-order valence-corrected chi connectivity index (χ1v) is 11.0. The van der Waals surface area contributed by atoms with Gasteiger partial charge in [-0.2, -0.15) is 11.8 Å². The number of aromatic amines is 1. The highest BCUT2D eigenvalue weighted by Gasteiger charge is 2.07. The Morgan fingerprint density at radius 1 is 1.21 bits per heavy atom. The zero-order valence-corrected chi connectivity index (χ0v) is 17.7. The molecule has 0 atom stereocenters. The number of anilines is 2. The van der Waals surface area contributed by atoms with Crippen LogP contribution in [0.3, 0.4) is 0 Å². The van der Waals surface area contributed by atoms with Gasteiger partial charge in [0.05, 0.1) is 0 Å². The fourth-order valence-electron chi connectivity index (χ4n) is 2.80. The molecule has 0 saturated heterocycles. The molecule has 3 aromatic rings. The summed E-state index contributed by atoms with van der Waals surface area (Å²) in [6.07, 6.45) is 0.924. The number of nitrogens with one attached hydrogen (secondary N) is 2. The predicted octanol–water partition coefficient (Wildman–Crippen LogP) is 3.24. The average Bonchev–Trinajstić information content (AvgIpc) is 3.07. The molecule has 0 radical (unpaired) electrons. The Morgan fingerprint density at radius 3 is 2.71 bits per heavy atom. The van der Waals surface area contributed by atoms with Crippen LogP contribution in [0.15, 0.2) is 33.9 Å². The van der Waals surface area contributed by atoms with Crippen molar-refractivity contribution in [1.29, 1.82) is 0 Å². The van der Waals surface area contributed by atoms with Gasteiger partial charge < -0.3 is 5.32 Å². The minimum atomic E-state index is -0.412. The van der Waals surface area contributed by atoms with Crippen molar-refractivity contribution in [2.45, 2.75) is 39.5 Å². The Labute approximate surface area is 171 Å². The second-order valence-electron chi connectivity index (χ2n) is 6.37. The molecule has 0 fully saturated rings. The van der Waals surface area contributed by atoms with Crippen LogP contribution >= 0.6 is 23.1 Å². The summed E-state index contributed by atoms with van der Waals surface area (Å²) >= 11 is 3.18. The van der Waals surface area contributed by atoms with Crippen molar-refractivity contribution in [3.8, 4) is 0 Å². The summed E-state index contributed by atoms with van der Waals surface area (Å²) in [5.41, 5.74) is 2.56. The number of aromatic nitrogens is 4. The van der Waals surface area contributed by atoms with Crippen molar-refractivity contribution in [2.75, 3.05) is 11.1 Å². The third kappa shape index (κ3) is 5.11. The molecule has 1 aromatic carbocycles. The molecule has 2 N–H and O–H groups in total. The van der Waals surface area contributed by atoms with Gasteiger partial charge >= 0.3 is 5.69 Å². The summed E-state index contributed by atoms with van der Waals surface area (Å²) in [5.74, 6) is 1.77. The fraction of sp³-hybridized carbons (Fsp3) is 0.368. The minimum Gasteiger partial charge on any atom is -0.342 e. The first kappa shape index (κ1) is 20.3. The van der Waals surface area contributed by atoms with Crippen molar-refractivity contribution in [3.05, 3.63) is 66.2 Å². The van der Waals surface area contributed by atoms with E-state index in [9.17, 15) is 9.59 Å². The maximum absolute atomic E-state index is 12.4. The highest BCUT2D eigenvalue weighted by molar-refractivity contribution is 7.98. The second kappa shape index (κ2) is 9.20. The molecule has 0 spiro atoms. The van der Waals surface area contributed by atoms with Crippen LogP contribution in [0, 0.1) is 13.8 Å². The third-order valence-corrected chi connectivity index (χ3v) is 6.25. The van der Waals surface area contributed by atoms with E-state index in [-0.39, 0.29) is 5.56 Å². The monoisotopic (exact) mass is 417 g/mol. The Morgan fingerprint density at radius 2 is 2.04 bits per heavy atom. The van der Waals surface area contributed by atoms with Gasteiger partial charge in [0.25, 0.3) is 5.56 Å². The van der Waals surface area contributed by atoms with E-state index in [4.69, 9.17) is 0 Å². The van der Waals surface area contributed by atoms with Crippen molar-refractivity contribution in [1.82, 2.24) is 19.7 Å². The summed E-state index contributed by atoms with van der Waals surface area (Å²) < 4.78 is 1.22. The van der Waals surface area contributed by atoms with Crippen molar-refractivity contribution in [2.24, 2.45) is 0 Å². The maximum Gasteiger partial charge on any atom is 0.329 e. The van der Waals surface area contributed by atoms with Crippen molar-refractivity contribution >= 4 is 34.6 Å². The molecule has 0 unspecified atom stereocenters. The van der Waals surface area contributed by atoms with Gasteiger partial charge in [-0.1, -0.05) is 13.0 Å². The number of hydrogen-bond donors (Lipinski definition) is 2. The lowest BCUT2D eigenvalue weighted by Crippen LogP contribution is -2.35. The lowest BCUT2D eigenvalue weighted by atomic mass is 10.1. The summed E-state index contributed by atoms with van der Waals surface area (Å²) in [5, 5.41) is 13.1. The van der Waals surface area contributed by atoms with Crippen LogP contribution < -0.4 is 16.6 Å². The Balaban J connectivity index is 1.64. The average molecular weight is 418 g/mol. The largest absolute Gasteiger partial charge is 0.342 e. The predicted molar refractivity (Wildman–Crippen MR) is 116 cm³/mol. The van der Waals surface area contributed by atoms with E-state index in [2.05, 4.69) is 34.3 Å². The minimum absolute atomic E-state index is 0.318. The van der Waals surface area contributed by atoms with Gasteiger partial charge in [-0.25, -0.2) is 4.79 Å². The fourth-order valence-corrected chi connectivity index (χ4v) is 4.47. The van der Waals surface area contributed by atoms with Gasteiger partial charge in [-0.15, -0.1) is 21.5 Å². The Kier molecular flexibility index (Phi) is 6.69. The van der Waals surface area contributed by atoms with Gasteiger partial charge in [-0.05, 0) is 43.5 Å². The van der Waals surface area contributed by atoms with Crippen LogP contribution in [-0.4, -0.2) is 25.5 Å². The SMILES string of the molecule is CCc1cc(Nc2cc(=O)n(CCSCc3nnc(C)s3)c(=O)[nH]2)ccc1C. The molecule has 0 bridgehead atoms. The molecule has 0 aliphatic rings. The van der Waals surface area contributed by atoms with E-state index >= 15 is 0 Å². The number of rotatable bonds is 8. The maximum atomic E-state index is 12.4. The highest BCUT2D eigenvalue weighted by Crippen LogP contribution is 2.18. The van der Waals surface area contributed by atoms with Crippen LogP contribution in [0.1, 0.15) is 28.1 Å². The Hall–Kier alpha value is -2.39. The van der Waals surface area contributed by atoms with Gasteiger partial charge in [0, 0.05) is 29.8 Å². The zero-order chi connectivity index (χ0) is 20.1. The molecule has 0 amide bonds. The first-order chi connectivity index (χ1) is 13.5. The lowest BCUT2D eigenvalue weighted by Gasteiger charge is -2.11. The number of H-pyrrole nitrogens is 1. The van der Waals surface area contributed by atoms with Crippen LogP contribution in [0.2, 0.25) is 0 Å². The molecule has 148 valence electrons. The van der Waals surface area contributed by atoms with E-state index in [1.165, 1.54) is 21.8 Å². The molecular formula is C19H23N5O2S2. The molecule has 2 heterocycles. The molecule has 0 saturated carbocycles. The molecular weight excluding hydrogens is 394 g/mol. The molecule has 2 aromatic heterocycles. The van der Waals surface area contributed by atoms with Crippen LogP contribution in [0.25, 0.3) is 0 Å². The summed E-state index contributed by atoms with van der Waals surface area (Å²) in [6, 6.07) is 7.41. The van der Waals surface area contributed by atoms with Crippen molar-refractivity contribution in [3.63, 3.8) is 0 Å². The van der Waals surface area contributed by atoms with Gasteiger partial charge in [0.15, 0.2) is 0 Å². The summed E-state index contributed by atoms with van der Waals surface area (Å²) in [7, 11) is 0. The molecule has 9 heteroatoms. The first-order valence-electron chi connectivity index (χ1n) is 9.03. The third-order valence-electron chi connectivity index (χ3n) is 4.28. The van der Waals surface area contributed by atoms with Crippen LogP contribution in [0.4, 0.5) is 11.5 Å². The van der Waals surface area contributed by atoms with E-state index in [0.29, 0.717) is 18.1 Å². The second-order valence-corrected chi connectivity index (χ2v) is 8.74. The van der Waals surface area contributed by atoms with Gasteiger partial charge in [0.2, 0.25) is 0 Å². The van der Waals surface area contributed by atoms with E-state index in [1.807, 2.05) is 25.1 Å². The van der Waals surface area contributed by atoms with Crippen LogP contribution in [-0.2, 0) is 18.7 Å². The summed E-state index contributed by atoms with van der Waals surface area (Å²) in [4.78, 5) is 27.4. The number of thioether (sulfide) groups is 1. The zero-order valence-electron chi connectivity index (χ0n) is 16.1. The normalized spacial score (nSPS) is 11.0. The van der Waals surface area contributed by atoms with Crippen molar-refractivity contribution < 1.29 is 0 Å². The van der Waals surface area contributed by atoms with E-state index in [0.717, 1.165) is 27.9 Å². The highest BCUT2D eigenvalue weighted by atomic mass is 32.2. The molecule has 28 heavy (non-hydrogen) atoms. The van der Waals surface area contributed by atoms with Crippen LogP contribution in [0.5, 0.6) is 0 Å². The lowest BCUT2D eigenvalue weighted by molar-refractivity contribution is 0.681. The molecule has 3 rings (SSSR count). The molecule has 0 aliphatic heterocycles. The molecule has 0 aliphatic carbocycles. The Bertz CT molecular complexity index is 1040. The molecule has 7 nitrogen and oxygen atoms in total. The number of nitrogens with zero attached hydrogens (tertiary/aromatic N) is 3. The smallest absolute Gasteiger partial charge is 0.329 e. The number of benzene rings is 1. The quantitative estimate of drug-likeness (QED) is 0.547. The van der Waals surface area contributed by atoms with E-state index < -0.39 is 5.69 Å². The van der Waals surface area contributed by atoms with Gasteiger partial charge in [-0.3, -0.25) is 14.3 Å². The number of aryl methyl sites for hydroxylation is 3. The number of hydrogen-bond acceptors (Lipinski definition) is 7. The van der Waals surface area contributed by atoms with Gasteiger partial charge in [0.1, 0.15) is 15.8 Å².